The number of benzene rings is 2. The standard InChI is InChI=1S/C24H28N4O5S/c1-4-27(5-2)34(31,32)21-12-8-19(9-13-21)24(30)25-16-17-28-23(29)15-14-22(26-28)18-6-10-20(33-3)11-7-18/h6-15H,4-5,16-17H2,1-3H3,(H,25,30). The van der Waals surface area contributed by atoms with Gasteiger partial charge >= 0.3 is 0 Å². The summed E-state index contributed by atoms with van der Waals surface area (Å²) in [5, 5.41) is 7.12. The SMILES string of the molecule is CCN(CC)S(=O)(=O)c1ccc(C(=O)NCCn2nc(-c3ccc(OC)cc3)ccc2=O)cc1. The van der Waals surface area contributed by atoms with Crippen molar-refractivity contribution in [1.29, 1.82) is 0 Å². The summed E-state index contributed by atoms with van der Waals surface area (Å²) in [6.07, 6.45) is 0. The van der Waals surface area contributed by atoms with E-state index in [4.69, 9.17) is 4.74 Å². The first-order valence-corrected chi connectivity index (χ1v) is 12.3. The van der Waals surface area contributed by atoms with Gasteiger partial charge in [-0.05, 0) is 54.6 Å². The van der Waals surface area contributed by atoms with Crippen LogP contribution >= 0.6 is 0 Å². The highest BCUT2D eigenvalue weighted by Crippen LogP contribution is 2.19. The third-order valence-electron chi connectivity index (χ3n) is 5.32. The first-order chi connectivity index (χ1) is 16.3. The third-order valence-corrected chi connectivity index (χ3v) is 7.39. The van der Waals surface area contributed by atoms with E-state index < -0.39 is 10.0 Å². The minimum atomic E-state index is -3.58. The average Bonchev–Trinajstić information content (AvgIpc) is 2.86. The van der Waals surface area contributed by atoms with Crippen LogP contribution < -0.4 is 15.6 Å². The Morgan fingerprint density at radius 3 is 2.24 bits per heavy atom. The lowest BCUT2D eigenvalue weighted by Gasteiger charge is -2.18. The number of carbonyl (C=O) groups is 1. The van der Waals surface area contributed by atoms with E-state index >= 15 is 0 Å². The van der Waals surface area contributed by atoms with Crippen LogP contribution in [0.5, 0.6) is 5.75 Å². The number of aromatic nitrogens is 2. The van der Waals surface area contributed by atoms with Gasteiger partial charge in [-0.3, -0.25) is 9.59 Å². The van der Waals surface area contributed by atoms with E-state index in [-0.39, 0.29) is 29.5 Å². The van der Waals surface area contributed by atoms with Gasteiger partial charge in [0.15, 0.2) is 0 Å². The first kappa shape index (κ1) is 25.1. The van der Waals surface area contributed by atoms with Crippen molar-refractivity contribution in [1.82, 2.24) is 19.4 Å². The molecular weight excluding hydrogens is 456 g/mol. The number of ether oxygens (including phenoxy) is 1. The van der Waals surface area contributed by atoms with Crippen LogP contribution in [0.2, 0.25) is 0 Å². The van der Waals surface area contributed by atoms with Gasteiger partial charge in [0.25, 0.3) is 11.5 Å². The molecule has 0 unspecified atom stereocenters. The predicted molar refractivity (Wildman–Crippen MR) is 129 cm³/mol. The molecule has 0 atom stereocenters. The van der Waals surface area contributed by atoms with Gasteiger partial charge in [-0.1, -0.05) is 13.8 Å². The van der Waals surface area contributed by atoms with Gasteiger partial charge in [0, 0.05) is 36.8 Å². The maximum absolute atomic E-state index is 12.6. The Labute approximate surface area is 199 Å². The van der Waals surface area contributed by atoms with Gasteiger partial charge in [0.1, 0.15) is 5.75 Å². The number of carbonyl (C=O) groups excluding carboxylic acids is 1. The predicted octanol–water partition coefficient (Wildman–Crippen LogP) is 2.38. The number of hydrogen-bond donors (Lipinski definition) is 1. The summed E-state index contributed by atoms with van der Waals surface area (Å²) in [6, 6.07) is 16.2. The van der Waals surface area contributed by atoms with E-state index in [1.54, 1.807) is 27.0 Å². The fourth-order valence-corrected chi connectivity index (χ4v) is 4.85. The molecule has 0 aliphatic heterocycles. The monoisotopic (exact) mass is 484 g/mol. The maximum Gasteiger partial charge on any atom is 0.266 e. The summed E-state index contributed by atoms with van der Waals surface area (Å²) >= 11 is 0. The molecule has 0 spiro atoms. The van der Waals surface area contributed by atoms with E-state index in [1.807, 2.05) is 24.3 Å². The topological polar surface area (TPSA) is 111 Å². The van der Waals surface area contributed by atoms with Gasteiger partial charge in [-0.15, -0.1) is 0 Å². The van der Waals surface area contributed by atoms with Crippen LogP contribution in [0.4, 0.5) is 0 Å². The van der Waals surface area contributed by atoms with Gasteiger partial charge in [0.05, 0.1) is 24.2 Å². The molecule has 0 bridgehead atoms. The number of sulfonamides is 1. The number of methoxy groups -OCH3 is 1. The normalized spacial score (nSPS) is 11.4. The van der Waals surface area contributed by atoms with Crippen LogP contribution in [0.1, 0.15) is 24.2 Å². The molecule has 0 fully saturated rings. The molecule has 0 aliphatic rings. The largest absolute Gasteiger partial charge is 0.497 e. The summed E-state index contributed by atoms with van der Waals surface area (Å²) in [7, 11) is -2.00. The van der Waals surface area contributed by atoms with E-state index in [2.05, 4.69) is 10.4 Å². The average molecular weight is 485 g/mol. The van der Waals surface area contributed by atoms with Crippen molar-refractivity contribution in [3.05, 3.63) is 76.6 Å². The van der Waals surface area contributed by atoms with Crippen LogP contribution in [0.15, 0.2) is 70.4 Å². The van der Waals surface area contributed by atoms with E-state index in [1.165, 1.54) is 39.3 Å². The molecular formula is C24H28N4O5S. The Kier molecular flexibility index (Phi) is 8.19. The van der Waals surface area contributed by atoms with Crippen LogP contribution in [0.3, 0.4) is 0 Å². The molecule has 0 saturated carbocycles. The van der Waals surface area contributed by atoms with Gasteiger partial charge < -0.3 is 10.1 Å². The molecule has 1 aromatic heterocycles. The first-order valence-electron chi connectivity index (χ1n) is 10.9. The molecule has 3 rings (SSSR count). The van der Waals surface area contributed by atoms with Crippen molar-refractivity contribution >= 4 is 15.9 Å². The molecule has 10 heteroatoms. The van der Waals surface area contributed by atoms with Crippen LogP contribution in [0, 0.1) is 0 Å². The highest BCUT2D eigenvalue weighted by atomic mass is 32.2. The maximum atomic E-state index is 12.6. The van der Waals surface area contributed by atoms with Crippen molar-refractivity contribution in [2.75, 3.05) is 26.7 Å². The Morgan fingerprint density at radius 2 is 1.65 bits per heavy atom. The molecule has 2 aromatic carbocycles. The molecule has 1 amide bonds. The van der Waals surface area contributed by atoms with Crippen molar-refractivity contribution in [3.63, 3.8) is 0 Å². The molecule has 0 radical (unpaired) electrons. The minimum Gasteiger partial charge on any atom is -0.497 e. The smallest absolute Gasteiger partial charge is 0.266 e. The van der Waals surface area contributed by atoms with E-state index in [0.29, 0.717) is 24.3 Å². The van der Waals surface area contributed by atoms with Gasteiger partial charge in [-0.25, -0.2) is 13.1 Å². The second-order valence-electron chi connectivity index (χ2n) is 7.38. The second-order valence-corrected chi connectivity index (χ2v) is 9.32. The summed E-state index contributed by atoms with van der Waals surface area (Å²) in [5.41, 5.74) is 1.50. The lowest BCUT2D eigenvalue weighted by Crippen LogP contribution is -2.32. The highest BCUT2D eigenvalue weighted by Gasteiger charge is 2.21. The van der Waals surface area contributed by atoms with E-state index in [9.17, 15) is 18.0 Å². The zero-order valence-electron chi connectivity index (χ0n) is 19.4. The molecule has 180 valence electrons. The molecule has 1 heterocycles. The van der Waals surface area contributed by atoms with Crippen molar-refractivity contribution in [3.8, 4) is 17.0 Å². The van der Waals surface area contributed by atoms with Crippen LogP contribution in [-0.2, 0) is 16.6 Å². The summed E-state index contributed by atoms with van der Waals surface area (Å²) in [4.78, 5) is 24.8. The van der Waals surface area contributed by atoms with E-state index in [0.717, 1.165) is 11.3 Å². The Balaban J connectivity index is 1.64. The molecule has 3 aromatic rings. The zero-order chi connectivity index (χ0) is 24.7. The number of hydrogen-bond acceptors (Lipinski definition) is 6. The van der Waals surface area contributed by atoms with Crippen molar-refractivity contribution in [2.45, 2.75) is 25.3 Å². The molecule has 0 aliphatic carbocycles. The van der Waals surface area contributed by atoms with Gasteiger partial charge in [-0.2, -0.15) is 9.40 Å². The molecule has 1 N–H and O–H groups in total. The second kappa shape index (κ2) is 11.1. The molecule has 9 nitrogen and oxygen atoms in total. The molecule has 0 saturated heterocycles. The third kappa shape index (κ3) is 5.70. The number of nitrogens with zero attached hydrogens (tertiary/aromatic N) is 3. The quantitative estimate of drug-likeness (QED) is 0.473. The lowest BCUT2D eigenvalue weighted by atomic mass is 10.1. The van der Waals surface area contributed by atoms with Crippen LogP contribution in [-0.4, -0.2) is 55.2 Å². The van der Waals surface area contributed by atoms with Crippen molar-refractivity contribution in [2.24, 2.45) is 0 Å². The Morgan fingerprint density at radius 1 is 1.00 bits per heavy atom. The number of rotatable bonds is 10. The molecule has 34 heavy (non-hydrogen) atoms. The number of nitrogens with one attached hydrogen (secondary N) is 1. The Bertz CT molecular complexity index is 1280. The van der Waals surface area contributed by atoms with Crippen molar-refractivity contribution < 1.29 is 17.9 Å². The fourth-order valence-electron chi connectivity index (χ4n) is 3.39. The highest BCUT2D eigenvalue weighted by molar-refractivity contribution is 7.89. The summed E-state index contributed by atoms with van der Waals surface area (Å²) < 4.78 is 33.0. The minimum absolute atomic E-state index is 0.138. The number of amides is 1. The van der Waals surface area contributed by atoms with Gasteiger partial charge in [0.2, 0.25) is 10.0 Å². The zero-order valence-corrected chi connectivity index (χ0v) is 20.2. The Hall–Kier alpha value is -3.50. The summed E-state index contributed by atoms with van der Waals surface area (Å²) in [5.74, 6) is 0.351. The fraction of sp³-hybridized carbons (Fsp3) is 0.292. The van der Waals surface area contributed by atoms with Crippen LogP contribution in [0.25, 0.3) is 11.3 Å². The lowest BCUT2D eigenvalue weighted by molar-refractivity contribution is 0.0951. The summed E-state index contributed by atoms with van der Waals surface area (Å²) in [6.45, 7) is 4.65.